The summed E-state index contributed by atoms with van der Waals surface area (Å²) < 4.78 is 16.5. The number of rotatable bonds is 5. The predicted molar refractivity (Wildman–Crippen MR) is 81.4 cm³/mol. The van der Waals surface area contributed by atoms with Crippen LogP contribution >= 0.6 is 0 Å². The molecule has 0 fully saturated rings. The highest BCUT2D eigenvalue weighted by atomic mass is 16.5. The van der Waals surface area contributed by atoms with Crippen LogP contribution in [0.3, 0.4) is 0 Å². The second-order valence-electron chi connectivity index (χ2n) is 4.74. The van der Waals surface area contributed by atoms with Crippen LogP contribution in [0, 0.1) is 0 Å². The van der Waals surface area contributed by atoms with Crippen molar-refractivity contribution in [3.63, 3.8) is 0 Å². The molecule has 5 heteroatoms. The Morgan fingerprint density at radius 1 is 1.14 bits per heavy atom. The Morgan fingerprint density at radius 2 is 1.95 bits per heavy atom. The third-order valence-corrected chi connectivity index (χ3v) is 3.36. The number of benzene rings is 2. The van der Waals surface area contributed by atoms with Crippen LogP contribution in [0.5, 0.6) is 11.5 Å². The fourth-order valence-corrected chi connectivity index (χ4v) is 2.36. The molecular formula is C16H18N2O3. The average molecular weight is 286 g/mol. The lowest BCUT2D eigenvalue weighted by atomic mass is 10.0. The number of ether oxygens (including phenoxy) is 3. The molecule has 1 heterocycles. The summed E-state index contributed by atoms with van der Waals surface area (Å²) in [6.45, 7) is 1.30. The van der Waals surface area contributed by atoms with Gasteiger partial charge in [0.1, 0.15) is 12.3 Å². The molecule has 1 aliphatic rings. The Bertz CT molecular complexity index is 616. The van der Waals surface area contributed by atoms with Gasteiger partial charge in [-0.3, -0.25) is 5.01 Å². The molecule has 0 saturated heterocycles. The molecule has 2 aromatic rings. The lowest BCUT2D eigenvalue weighted by molar-refractivity contribution is 0.147. The van der Waals surface area contributed by atoms with Crippen molar-refractivity contribution in [1.82, 2.24) is 0 Å². The van der Waals surface area contributed by atoms with Crippen LogP contribution in [0.1, 0.15) is 0 Å². The van der Waals surface area contributed by atoms with Crippen LogP contribution < -0.4 is 20.3 Å². The van der Waals surface area contributed by atoms with E-state index in [0.717, 1.165) is 28.3 Å². The molecule has 0 saturated carbocycles. The molecule has 0 amide bonds. The maximum Gasteiger partial charge on any atom is 0.175 e. The zero-order valence-electron chi connectivity index (χ0n) is 11.9. The van der Waals surface area contributed by atoms with Crippen molar-refractivity contribution in [1.29, 1.82) is 0 Å². The minimum atomic E-state index is 0.328. The molecule has 0 spiro atoms. The Hall–Kier alpha value is -2.24. The topological polar surface area (TPSA) is 57.0 Å². The number of fused-ring (bicyclic) bond motifs is 1. The van der Waals surface area contributed by atoms with Gasteiger partial charge in [-0.05, 0) is 17.7 Å². The third-order valence-electron chi connectivity index (χ3n) is 3.36. The molecule has 2 N–H and O–H groups in total. The molecule has 3 rings (SSSR count). The number of anilines is 1. The van der Waals surface area contributed by atoms with E-state index in [9.17, 15) is 0 Å². The smallest absolute Gasteiger partial charge is 0.175 e. The van der Waals surface area contributed by atoms with Gasteiger partial charge in [-0.1, -0.05) is 30.3 Å². The molecule has 0 aromatic heterocycles. The first-order valence-corrected chi connectivity index (χ1v) is 6.80. The van der Waals surface area contributed by atoms with Crippen molar-refractivity contribution in [2.75, 3.05) is 32.1 Å². The number of hydrazine groups is 1. The average Bonchev–Trinajstić information content (AvgIpc) is 2.90. The van der Waals surface area contributed by atoms with Crippen LogP contribution in [0.25, 0.3) is 11.1 Å². The molecular weight excluding hydrogens is 268 g/mol. The molecule has 21 heavy (non-hydrogen) atoms. The lowest BCUT2D eigenvalue weighted by Crippen LogP contribution is -2.30. The molecule has 110 valence electrons. The van der Waals surface area contributed by atoms with Gasteiger partial charge in [-0.15, -0.1) is 0 Å². The summed E-state index contributed by atoms with van der Waals surface area (Å²) >= 11 is 0. The normalized spacial score (nSPS) is 13.0. The number of hydrogen-bond donors (Lipinski definition) is 1. The minimum Gasteiger partial charge on any atom is -0.488 e. The fourth-order valence-electron chi connectivity index (χ4n) is 2.36. The second kappa shape index (κ2) is 6.03. The maximum atomic E-state index is 6.00. The monoisotopic (exact) mass is 286 g/mol. The largest absolute Gasteiger partial charge is 0.488 e. The first-order valence-electron chi connectivity index (χ1n) is 6.80. The fraction of sp³-hybridized carbons (Fsp3) is 0.250. The van der Waals surface area contributed by atoms with Crippen LogP contribution in [-0.2, 0) is 4.74 Å². The van der Waals surface area contributed by atoms with E-state index in [1.54, 1.807) is 12.1 Å². The van der Waals surface area contributed by atoms with E-state index >= 15 is 0 Å². The lowest BCUT2D eigenvalue weighted by Gasteiger charge is -2.17. The first-order chi connectivity index (χ1) is 10.3. The summed E-state index contributed by atoms with van der Waals surface area (Å²) in [6, 6.07) is 14.0. The Labute approximate surface area is 123 Å². The van der Waals surface area contributed by atoms with Crippen molar-refractivity contribution in [2.45, 2.75) is 0 Å². The molecule has 0 atom stereocenters. The minimum absolute atomic E-state index is 0.328. The van der Waals surface area contributed by atoms with Crippen LogP contribution in [-0.4, -0.2) is 27.1 Å². The molecule has 2 aromatic carbocycles. The van der Waals surface area contributed by atoms with E-state index in [1.165, 1.54) is 0 Å². The van der Waals surface area contributed by atoms with Gasteiger partial charge in [0.15, 0.2) is 18.2 Å². The summed E-state index contributed by atoms with van der Waals surface area (Å²) in [5, 5.41) is 1.56. The van der Waals surface area contributed by atoms with Gasteiger partial charge in [-0.2, -0.15) is 0 Å². The highest BCUT2D eigenvalue weighted by Gasteiger charge is 2.25. The molecule has 0 radical (unpaired) electrons. The van der Waals surface area contributed by atoms with Crippen LogP contribution in [0.2, 0.25) is 0 Å². The van der Waals surface area contributed by atoms with E-state index in [-0.39, 0.29) is 0 Å². The molecule has 0 unspecified atom stereocenters. The summed E-state index contributed by atoms with van der Waals surface area (Å²) in [5.74, 6) is 7.47. The Morgan fingerprint density at radius 3 is 2.71 bits per heavy atom. The van der Waals surface area contributed by atoms with Gasteiger partial charge in [0.05, 0.1) is 6.61 Å². The number of methoxy groups -OCH3 is 1. The second-order valence-corrected chi connectivity index (χ2v) is 4.74. The van der Waals surface area contributed by atoms with Crippen molar-refractivity contribution in [3.8, 4) is 22.6 Å². The van der Waals surface area contributed by atoms with Gasteiger partial charge < -0.3 is 14.2 Å². The van der Waals surface area contributed by atoms with E-state index in [1.807, 2.05) is 42.5 Å². The van der Waals surface area contributed by atoms with Crippen LogP contribution in [0.4, 0.5) is 5.69 Å². The van der Waals surface area contributed by atoms with Crippen molar-refractivity contribution in [3.05, 3.63) is 42.5 Å². The Kier molecular flexibility index (Phi) is 3.94. The number of nitrogens with two attached hydrogens (primary N) is 1. The van der Waals surface area contributed by atoms with E-state index in [2.05, 4.69) is 0 Å². The maximum absolute atomic E-state index is 6.00. The summed E-state index contributed by atoms with van der Waals surface area (Å²) in [5.41, 5.74) is 2.85. The van der Waals surface area contributed by atoms with E-state index in [4.69, 9.17) is 20.1 Å². The van der Waals surface area contributed by atoms with E-state index in [0.29, 0.717) is 19.9 Å². The highest BCUT2D eigenvalue weighted by Crippen LogP contribution is 2.46. The molecule has 1 aliphatic heterocycles. The standard InChI is InChI=1S/C16H18N2O3/c1-19-9-10-20-16-13(12-5-3-2-4-6-12)7-8-14-15(16)18(17)11-21-14/h2-8H,9-11,17H2,1H3. The zero-order chi connectivity index (χ0) is 14.7. The molecule has 5 nitrogen and oxygen atoms in total. The molecule has 0 bridgehead atoms. The van der Waals surface area contributed by atoms with Crippen molar-refractivity contribution < 1.29 is 14.2 Å². The number of hydrogen-bond acceptors (Lipinski definition) is 5. The predicted octanol–water partition coefficient (Wildman–Crippen LogP) is 2.41. The van der Waals surface area contributed by atoms with Crippen molar-refractivity contribution >= 4 is 5.69 Å². The van der Waals surface area contributed by atoms with E-state index < -0.39 is 0 Å². The van der Waals surface area contributed by atoms with Gasteiger partial charge >= 0.3 is 0 Å². The SMILES string of the molecule is COCCOc1c(-c2ccccc2)ccc2c1N(N)CO2. The Balaban J connectivity index is 2.05. The third kappa shape index (κ3) is 2.66. The molecule has 0 aliphatic carbocycles. The first kappa shape index (κ1) is 13.7. The van der Waals surface area contributed by atoms with Gasteiger partial charge in [0, 0.05) is 12.7 Å². The van der Waals surface area contributed by atoms with Gasteiger partial charge in [0.2, 0.25) is 0 Å². The summed E-state index contributed by atoms with van der Waals surface area (Å²) in [4.78, 5) is 0. The quantitative estimate of drug-likeness (QED) is 0.675. The van der Waals surface area contributed by atoms with Gasteiger partial charge in [0.25, 0.3) is 0 Å². The number of nitrogens with zero attached hydrogens (tertiary/aromatic N) is 1. The zero-order valence-corrected chi connectivity index (χ0v) is 11.9. The summed E-state index contributed by atoms with van der Waals surface area (Å²) in [7, 11) is 1.65. The summed E-state index contributed by atoms with van der Waals surface area (Å²) in [6.07, 6.45) is 0. The highest BCUT2D eigenvalue weighted by molar-refractivity contribution is 5.83. The van der Waals surface area contributed by atoms with Gasteiger partial charge in [-0.25, -0.2) is 5.84 Å². The van der Waals surface area contributed by atoms with Crippen molar-refractivity contribution in [2.24, 2.45) is 5.84 Å². The van der Waals surface area contributed by atoms with Crippen LogP contribution in [0.15, 0.2) is 42.5 Å².